The van der Waals surface area contributed by atoms with Gasteiger partial charge in [0.1, 0.15) is 6.54 Å². The molecule has 0 aromatic carbocycles. The molecule has 1 aliphatic rings. The van der Waals surface area contributed by atoms with E-state index >= 15 is 0 Å². The second-order valence-corrected chi connectivity index (χ2v) is 4.89. The van der Waals surface area contributed by atoms with Crippen LogP contribution in [0.2, 0.25) is 0 Å². The molecule has 0 bridgehead atoms. The van der Waals surface area contributed by atoms with Crippen LogP contribution >= 0.6 is 0 Å². The predicted molar refractivity (Wildman–Crippen MR) is 67.1 cm³/mol. The molecule has 1 saturated carbocycles. The molecule has 0 saturated heterocycles. The highest BCUT2D eigenvalue weighted by Crippen LogP contribution is 2.32. The SMILES string of the molecule is N#CCNC(=O)C(CCC(N)=O)C1CCCCC1. The largest absolute Gasteiger partial charge is 0.370 e. The highest BCUT2D eigenvalue weighted by Gasteiger charge is 2.29. The molecule has 0 spiro atoms. The van der Waals surface area contributed by atoms with Crippen molar-refractivity contribution < 1.29 is 9.59 Å². The second kappa shape index (κ2) is 7.70. The molecule has 0 aliphatic heterocycles. The fraction of sp³-hybridized carbons (Fsp3) is 0.769. The molecule has 5 heteroatoms. The fourth-order valence-corrected chi connectivity index (χ4v) is 2.67. The van der Waals surface area contributed by atoms with Crippen LogP contribution in [0.3, 0.4) is 0 Å². The Bertz CT molecular complexity index is 330. The molecule has 100 valence electrons. The molecule has 3 N–H and O–H groups in total. The van der Waals surface area contributed by atoms with Crippen LogP contribution in [0, 0.1) is 23.2 Å². The van der Waals surface area contributed by atoms with Crippen LogP contribution in [0.4, 0.5) is 0 Å². The standard InChI is InChI=1S/C13H21N3O2/c14-8-9-16-13(18)11(6-7-12(15)17)10-4-2-1-3-5-10/h10-11H,1-7,9H2,(H2,15,17)(H,16,18). The minimum Gasteiger partial charge on any atom is -0.370 e. The van der Waals surface area contributed by atoms with Gasteiger partial charge < -0.3 is 11.1 Å². The zero-order valence-corrected chi connectivity index (χ0v) is 10.7. The normalized spacial score (nSPS) is 17.7. The molecule has 1 atom stereocenters. The maximum absolute atomic E-state index is 12.0. The van der Waals surface area contributed by atoms with E-state index in [2.05, 4.69) is 5.32 Å². The number of carbonyl (C=O) groups excluding carboxylic acids is 2. The summed E-state index contributed by atoms with van der Waals surface area (Å²) in [5.74, 6) is -0.323. The molecular formula is C13H21N3O2. The van der Waals surface area contributed by atoms with Gasteiger partial charge in [0.2, 0.25) is 11.8 Å². The molecule has 2 amide bonds. The van der Waals surface area contributed by atoms with Crippen molar-refractivity contribution in [2.75, 3.05) is 6.54 Å². The van der Waals surface area contributed by atoms with Crippen molar-refractivity contribution >= 4 is 11.8 Å². The maximum atomic E-state index is 12.0. The molecule has 0 aromatic heterocycles. The third-order valence-electron chi connectivity index (χ3n) is 3.60. The van der Waals surface area contributed by atoms with E-state index in [9.17, 15) is 9.59 Å². The van der Waals surface area contributed by atoms with Crippen LogP contribution in [0.1, 0.15) is 44.9 Å². The monoisotopic (exact) mass is 251 g/mol. The zero-order chi connectivity index (χ0) is 13.4. The molecule has 5 nitrogen and oxygen atoms in total. The molecule has 1 unspecified atom stereocenters. The van der Waals surface area contributed by atoms with Gasteiger partial charge >= 0.3 is 0 Å². The number of amides is 2. The van der Waals surface area contributed by atoms with E-state index in [1.807, 2.05) is 6.07 Å². The van der Waals surface area contributed by atoms with Gasteiger partial charge in [-0.05, 0) is 25.2 Å². The molecule has 0 aromatic rings. The molecule has 0 heterocycles. The highest BCUT2D eigenvalue weighted by molar-refractivity contribution is 5.80. The average Bonchev–Trinajstić information content (AvgIpc) is 2.37. The van der Waals surface area contributed by atoms with Gasteiger partial charge in [-0.15, -0.1) is 0 Å². The summed E-state index contributed by atoms with van der Waals surface area (Å²) >= 11 is 0. The lowest BCUT2D eigenvalue weighted by Gasteiger charge is -2.29. The lowest BCUT2D eigenvalue weighted by atomic mass is 9.77. The summed E-state index contributed by atoms with van der Waals surface area (Å²) in [5, 5.41) is 11.1. The van der Waals surface area contributed by atoms with E-state index < -0.39 is 0 Å². The first-order valence-corrected chi connectivity index (χ1v) is 6.58. The van der Waals surface area contributed by atoms with Gasteiger partial charge in [0.05, 0.1) is 6.07 Å². The number of hydrogen-bond acceptors (Lipinski definition) is 3. The minimum atomic E-state index is -0.371. The summed E-state index contributed by atoms with van der Waals surface area (Å²) in [6.07, 6.45) is 6.30. The van der Waals surface area contributed by atoms with Gasteiger partial charge in [-0.1, -0.05) is 19.3 Å². The van der Waals surface area contributed by atoms with Gasteiger partial charge in [0.15, 0.2) is 0 Å². The van der Waals surface area contributed by atoms with Crippen molar-refractivity contribution in [2.24, 2.45) is 17.6 Å². The third kappa shape index (κ3) is 4.74. The highest BCUT2D eigenvalue weighted by atomic mass is 16.2. The van der Waals surface area contributed by atoms with Crippen LogP contribution in [0.5, 0.6) is 0 Å². The Kier molecular flexibility index (Phi) is 6.20. The average molecular weight is 251 g/mol. The van der Waals surface area contributed by atoms with Gasteiger partial charge in [-0.2, -0.15) is 5.26 Å². The molecule has 1 rings (SSSR count). The van der Waals surface area contributed by atoms with Crippen LogP contribution in [-0.4, -0.2) is 18.4 Å². The summed E-state index contributed by atoms with van der Waals surface area (Å²) in [6, 6.07) is 1.90. The summed E-state index contributed by atoms with van der Waals surface area (Å²) in [6.45, 7) is 0.0264. The van der Waals surface area contributed by atoms with E-state index in [-0.39, 0.29) is 30.7 Å². The quantitative estimate of drug-likeness (QED) is 0.691. The number of nitrogens with two attached hydrogens (primary N) is 1. The van der Waals surface area contributed by atoms with Gasteiger partial charge in [-0.25, -0.2) is 0 Å². The Hall–Kier alpha value is -1.57. The van der Waals surface area contributed by atoms with Crippen LogP contribution in [0.15, 0.2) is 0 Å². The summed E-state index contributed by atoms with van der Waals surface area (Å²) in [5.41, 5.74) is 5.15. The van der Waals surface area contributed by atoms with E-state index in [1.165, 1.54) is 6.42 Å². The zero-order valence-electron chi connectivity index (χ0n) is 10.7. The minimum absolute atomic E-state index is 0.0264. The topological polar surface area (TPSA) is 96.0 Å². The van der Waals surface area contributed by atoms with Crippen molar-refractivity contribution in [3.05, 3.63) is 0 Å². The molecule has 18 heavy (non-hydrogen) atoms. The van der Waals surface area contributed by atoms with Gasteiger partial charge in [0.25, 0.3) is 0 Å². The number of hydrogen-bond donors (Lipinski definition) is 2. The smallest absolute Gasteiger partial charge is 0.224 e. The first-order chi connectivity index (χ1) is 8.65. The van der Waals surface area contributed by atoms with Crippen LogP contribution < -0.4 is 11.1 Å². The second-order valence-electron chi connectivity index (χ2n) is 4.89. The van der Waals surface area contributed by atoms with Crippen molar-refractivity contribution in [1.82, 2.24) is 5.32 Å². The third-order valence-corrected chi connectivity index (χ3v) is 3.60. The Morgan fingerprint density at radius 2 is 2.00 bits per heavy atom. The van der Waals surface area contributed by atoms with Gasteiger partial charge in [0, 0.05) is 12.3 Å². The van der Waals surface area contributed by atoms with Crippen molar-refractivity contribution in [2.45, 2.75) is 44.9 Å². The van der Waals surface area contributed by atoms with Crippen LogP contribution in [0.25, 0.3) is 0 Å². The number of primary amides is 1. The van der Waals surface area contributed by atoms with Crippen molar-refractivity contribution in [3.63, 3.8) is 0 Å². The van der Waals surface area contributed by atoms with Crippen molar-refractivity contribution in [1.29, 1.82) is 5.26 Å². The Morgan fingerprint density at radius 3 is 2.56 bits per heavy atom. The number of nitrogens with one attached hydrogen (secondary N) is 1. The summed E-state index contributed by atoms with van der Waals surface area (Å²) in [7, 11) is 0. The Balaban J connectivity index is 2.57. The number of nitriles is 1. The molecule has 0 radical (unpaired) electrons. The summed E-state index contributed by atoms with van der Waals surface area (Å²) in [4.78, 5) is 22.9. The number of nitrogens with zero attached hydrogens (tertiary/aromatic N) is 1. The Morgan fingerprint density at radius 1 is 1.33 bits per heavy atom. The molecular weight excluding hydrogens is 230 g/mol. The van der Waals surface area contributed by atoms with Crippen LogP contribution in [-0.2, 0) is 9.59 Å². The van der Waals surface area contributed by atoms with E-state index in [0.717, 1.165) is 25.7 Å². The molecule has 1 aliphatic carbocycles. The number of rotatable bonds is 6. The fourth-order valence-electron chi connectivity index (χ4n) is 2.67. The van der Waals surface area contributed by atoms with Gasteiger partial charge in [-0.3, -0.25) is 9.59 Å². The lowest BCUT2D eigenvalue weighted by Crippen LogP contribution is -2.36. The van der Waals surface area contributed by atoms with Crippen molar-refractivity contribution in [3.8, 4) is 6.07 Å². The lowest BCUT2D eigenvalue weighted by molar-refractivity contribution is -0.127. The summed E-state index contributed by atoms with van der Waals surface area (Å²) < 4.78 is 0. The maximum Gasteiger partial charge on any atom is 0.224 e. The Labute approximate surface area is 108 Å². The molecule has 1 fully saturated rings. The van der Waals surface area contributed by atoms with E-state index in [0.29, 0.717) is 12.3 Å². The predicted octanol–water partition coefficient (Wildman–Crippen LogP) is 1.09. The van der Waals surface area contributed by atoms with E-state index in [1.54, 1.807) is 0 Å². The first kappa shape index (κ1) is 14.5. The van der Waals surface area contributed by atoms with E-state index in [4.69, 9.17) is 11.0 Å². The first-order valence-electron chi connectivity index (χ1n) is 6.58. The number of carbonyl (C=O) groups is 2.